The summed E-state index contributed by atoms with van der Waals surface area (Å²) in [6, 6.07) is 12.4. The number of benzene rings is 2. The first-order valence-corrected chi connectivity index (χ1v) is 8.29. The standard InChI is InChI=1S/C18H16ClFN4O2/c1-11-18(26)24(13-5-3-2-4-6-13)23-16(22-11)17(25)21-10-12-7-8-15(20)14(19)9-12/h2-9,11H,10H2,1H3,(H,21,25)(H,22,23)/t11-/m0/s1. The second-order valence-corrected chi connectivity index (χ2v) is 6.11. The zero-order valence-corrected chi connectivity index (χ0v) is 14.6. The number of hydrogen-bond donors (Lipinski definition) is 2. The van der Waals surface area contributed by atoms with Gasteiger partial charge in [-0.15, -0.1) is 0 Å². The third kappa shape index (κ3) is 3.83. The van der Waals surface area contributed by atoms with Crippen LogP contribution in [0.5, 0.6) is 0 Å². The van der Waals surface area contributed by atoms with Crippen molar-refractivity contribution in [1.29, 1.82) is 0 Å². The Bertz CT molecular complexity index is 873. The molecule has 0 aromatic heterocycles. The van der Waals surface area contributed by atoms with Crippen LogP contribution >= 0.6 is 11.6 Å². The Balaban J connectivity index is 1.71. The van der Waals surface area contributed by atoms with Crippen LogP contribution in [0.25, 0.3) is 0 Å². The van der Waals surface area contributed by atoms with Crippen LogP contribution in [-0.2, 0) is 16.1 Å². The van der Waals surface area contributed by atoms with Crippen molar-refractivity contribution in [3.05, 3.63) is 64.9 Å². The van der Waals surface area contributed by atoms with Crippen LogP contribution in [0, 0.1) is 5.82 Å². The second kappa shape index (κ2) is 7.53. The molecule has 6 nitrogen and oxygen atoms in total. The number of amidine groups is 1. The number of aliphatic imine (C=N–C) groups is 1. The third-order valence-corrected chi connectivity index (χ3v) is 4.07. The topological polar surface area (TPSA) is 73.8 Å². The monoisotopic (exact) mass is 374 g/mol. The lowest BCUT2D eigenvalue weighted by Crippen LogP contribution is -2.57. The number of para-hydroxylation sites is 1. The van der Waals surface area contributed by atoms with E-state index in [1.165, 1.54) is 23.2 Å². The molecule has 0 radical (unpaired) electrons. The van der Waals surface area contributed by atoms with Crippen molar-refractivity contribution >= 4 is 34.9 Å². The van der Waals surface area contributed by atoms with Gasteiger partial charge in [-0.25, -0.2) is 14.4 Å². The molecule has 2 N–H and O–H groups in total. The highest BCUT2D eigenvalue weighted by Gasteiger charge is 2.30. The highest BCUT2D eigenvalue weighted by molar-refractivity contribution is 6.39. The minimum Gasteiger partial charge on any atom is -0.345 e. The maximum Gasteiger partial charge on any atom is 0.288 e. The number of anilines is 1. The Morgan fingerprint density at radius 1 is 1.31 bits per heavy atom. The molecule has 2 amide bonds. The number of amides is 2. The fraction of sp³-hybridized carbons (Fsp3) is 0.167. The average molecular weight is 375 g/mol. The fourth-order valence-corrected chi connectivity index (χ4v) is 2.62. The number of carbonyl (C=O) groups is 2. The molecule has 1 aliphatic rings. The Kier molecular flexibility index (Phi) is 5.18. The van der Waals surface area contributed by atoms with Crippen molar-refractivity contribution < 1.29 is 14.0 Å². The van der Waals surface area contributed by atoms with E-state index in [4.69, 9.17) is 11.6 Å². The van der Waals surface area contributed by atoms with E-state index in [9.17, 15) is 14.0 Å². The molecule has 2 aromatic rings. The van der Waals surface area contributed by atoms with E-state index < -0.39 is 17.8 Å². The normalized spacial score (nSPS) is 16.7. The van der Waals surface area contributed by atoms with Gasteiger partial charge in [0.2, 0.25) is 5.84 Å². The van der Waals surface area contributed by atoms with E-state index in [1.807, 2.05) is 6.07 Å². The van der Waals surface area contributed by atoms with Crippen LogP contribution in [0.15, 0.2) is 53.5 Å². The molecule has 0 saturated carbocycles. The molecule has 26 heavy (non-hydrogen) atoms. The smallest absolute Gasteiger partial charge is 0.288 e. The van der Waals surface area contributed by atoms with Crippen LogP contribution in [0.2, 0.25) is 5.02 Å². The summed E-state index contributed by atoms with van der Waals surface area (Å²) in [5.41, 5.74) is 3.99. The minimum atomic E-state index is -0.697. The van der Waals surface area contributed by atoms with Crippen molar-refractivity contribution in [2.45, 2.75) is 19.5 Å². The van der Waals surface area contributed by atoms with Gasteiger partial charge in [0.1, 0.15) is 11.9 Å². The molecular formula is C18H16ClFN4O2. The molecular weight excluding hydrogens is 359 g/mol. The van der Waals surface area contributed by atoms with Crippen molar-refractivity contribution in [2.75, 3.05) is 5.01 Å². The predicted octanol–water partition coefficient (Wildman–Crippen LogP) is 2.43. The molecule has 0 saturated heterocycles. The Morgan fingerprint density at radius 2 is 2.04 bits per heavy atom. The van der Waals surface area contributed by atoms with Gasteiger partial charge in [-0.2, -0.15) is 0 Å². The van der Waals surface area contributed by atoms with Gasteiger partial charge in [-0.3, -0.25) is 15.0 Å². The molecule has 8 heteroatoms. The molecule has 0 bridgehead atoms. The van der Waals surface area contributed by atoms with Gasteiger partial charge in [0.05, 0.1) is 10.7 Å². The lowest BCUT2D eigenvalue weighted by atomic mass is 10.2. The lowest BCUT2D eigenvalue weighted by Gasteiger charge is -2.30. The molecule has 0 aliphatic carbocycles. The van der Waals surface area contributed by atoms with Crippen molar-refractivity contribution in [3.63, 3.8) is 0 Å². The van der Waals surface area contributed by atoms with Crippen LogP contribution in [-0.4, -0.2) is 23.7 Å². The van der Waals surface area contributed by atoms with Gasteiger partial charge in [0.25, 0.3) is 11.8 Å². The number of rotatable bonds is 4. The summed E-state index contributed by atoms with van der Waals surface area (Å²) in [5, 5.41) is 3.95. The fourth-order valence-electron chi connectivity index (χ4n) is 2.42. The highest BCUT2D eigenvalue weighted by Crippen LogP contribution is 2.17. The zero-order chi connectivity index (χ0) is 18.7. The predicted molar refractivity (Wildman–Crippen MR) is 97.2 cm³/mol. The van der Waals surface area contributed by atoms with E-state index >= 15 is 0 Å². The summed E-state index contributed by atoms with van der Waals surface area (Å²) >= 11 is 5.73. The molecule has 2 aromatic carbocycles. The number of nitrogens with one attached hydrogen (secondary N) is 2. The summed E-state index contributed by atoms with van der Waals surface area (Å²) in [7, 11) is 0. The summed E-state index contributed by atoms with van der Waals surface area (Å²) in [5.74, 6) is -1.25. The number of hydrazine groups is 1. The van der Waals surface area contributed by atoms with E-state index in [-0.39, 0.29) is 23.3 Å². The van der Waals surface area contributed by atoms with Crippen molar-refractivity contribution in [2.24, 2.45) is 4.99 Å². The molecule has 0 unspecified atom stereocenters. The second-order valence-electron chi connectivity index (χ2n) is 5.71. The minimum absolute atomic E-state index is 0.0145. The summed E-state index contributed by atoms with van der Waals surface area (Å²) in [6.07, 6.45) is 0. The lowest BCUT2D eigenvalue weighted by molar-refractivity contribution is -0.120. The van der Waals surface area contributed by atoms with Crippen molar-refractivity contribution in [3.8, 4) is 0 Å². The Hall–Kier alpha value is -2.93. The largest absolute Gasteiger partial charge is 0.345 e. The van der Waals surface area contributed by atoms with Gasteiger partial charge in [0, 0.05) is 6.54 Å². The molecule has 3 rings (SSSR count). The van der Waals surface area contributed by atoms with Crippen LogP contribution in [0.1, 0.15) is 12.5 Å². The van der Waals surface area contributed by atoms with Gasteiger partial charge in [-0.05, 0) is 36.8 Å². The van der Waals surface area contributed by atoms with Gasteiger partial charge < -0.3 is 5.32 Å². The quantitative estimate of drug-likeness (QED) is 0.863. The number of halogens is 2. The number of hydrogen-bond acceptors (Lipinski definition) is 4. The molecule has 1 heterocycles. The van der Waals surface area contributed by atoms with Crippen molar-refractivity contribution in [1.82, 2.24) is 10.7 Å². The summed E-state index contributed by atoms with van der Waals surface area (Å²) in [4.78, 5) is 28.8. The molecule has 0 spiro atoms. The first-order valence-electron chi connectivity index (χ1n) is 7.91. The maximum absolute atomic E-state index is 13.2. The van der Waals surface area contributed by atoms with Crippen LogP contribution in [0.3, 0.4) is 0 Å². The molecule has 1 aliphatic heterocycles. The SMILES string of the molecule is C[C@@H]1N=C(C(=O)NCc2ccc(F)c(Cl)c2)NN(c2ccccc2)C1=O. The third-order valence-electron chi connectivity index (χ3n) is 3.78. The van der Waals surface area contributed by atoms with Crippen LogP contribution in [0.4, 0.5) is 10.1 Å². The first kappa shape index (κ1) is 17.9. The summed E-state index contributed by atoms with van der Waals surface area (Å²) in [6.45, 7) is 1.76. The molecule has 134 valence electrons. The molecule has 0 fully saturated rings. The molecule has 1 atom stereocenters. The van der Waals surface area contributed by atoms with E-state index in [0.717, 1.165) is 0 Å². The number of carbonyl (C=O) groups excluding carboxylic acids is 2. The van der Waals surface area contributed by atoms with Gasteiger partial charge in [-0.1, -0.05) is 35.9 Å². The Morgan fingerprint density at radius 3 is 2.73 bits per heavy atom. The Labute approximate surface area is 154 Å². The van der Waals surface area contributed by atoms with Gasteiger partial charge in [0.15, 0.2) is 0 Å². The number of nitrogens with zero attached hydrogens (tertiary/aromatic N) is 2. The van der Waals surface area contributed by atoms with Gasteiger partial charge >= 0.3 is 0 Å². The zero-order valence-electron chi connectivity index (χ0n) is 13.9. The van der Waals surface area contributed by atoms with E-state index in [0.29, 0.717) is 11.3 Å². The highest BCUT2D eigenvalue weighted by atomic mass is 35.5. The van der Waals surface area contributed by atoms with E-state index in [2.05, 4.69) is 15.7 Å². The maximum atomic E-state index is 13.2. The van der Waals surface area contributed by atoms with Crippen LogP contribution < -0.4 is 15.8 Å². The average Bonchev–Trinajstić information content (AvgIpc) is 2.65. The summed E-state index contributed by atoms with van der Waals surface area (Å²) < 4.78 is 13.2. The van der Waals surface area contributed by atoms with E-state index in [1.54, 1.807) is 31.2 Å². The first-order chi connectivity index (χ1) is 12.5.